The van der Waals surface area contributed by atoms with Crippen LogP contribution in [0.2, 0.25) is 0 Å². The zero-order valence-corrected chi connectivity index (χ0v) is 10.8. The summed E-state index contributed by atoms with van der Waals surface area (Å²) in [5.41, 5.74) is 0. The number of esters is 1. The third kappa shape index (κ3) is 4.92. The van der Waals surface area contributed by atoms with Gasteiger partial charge in [-0.25, -0.2) is 0 Å². The Morgan fingerprint density at radius 2 is 2.00 bits per heavy atom. The van der Waals surface area contributed by atoms with Crippen LogP contribution in [0, 0.1) is 5.92 Å². The highest BCUT2D eigenvalue weighted by atomic mass is 32.2. The van der Waals surface area contributed by atoms with Gasteiger partial charge in [0.2, 0.25) is 0 Å². The summed E-state index contributed by atoms with van der Waals surface area (Å²) in [6.45, 7) is 4.46. The van der Waals surface area contributed by atoms with Gasteiger partial charge in [-0.2, -0.15) is 11.8 Å². The molecule has 1 fully saturated rings. The fourth-order valence-corrected chi connectivity index (χ4v) is 3.49. The van der Waals surface area contributed by atoms with Gasteiger partial charge in [-0.05, 0) is 31.6 Å². The van der Waals surface area contributed by atoms with Crippen LogP contribution in [0.5, 0.6) is 0 Å². The number of rotatable bonds is 4. The van der Waals surface area contributed by atoms with Crippen LogP contribution < -0.4 is 0 Å². The maximum atomic E-state index is 11.1. The summed E-state index contributed by atoms with van der Waals surface area (Å²) in [6, 6.07) is 0. The Hall–Kier alpha value is -0.180. The molecule has 1 rings (SSSR count). The average molecular weight is 230 g/mol. The van der Waals surface area contributed by atoms with E-state index >= 15 is 0 Å². The van der Waals surface area contributed by atoms with Crippen LogP contribution in [0.1, 0.15) is 46.0 Å². The van der Waals surface area contributed by atoms with E-state index in [9.17, 15) is 4.79 Å². The molecule has 0 aromatic rings. The van der Waals surface area contributed by atoms with E-state index < -0.39 is 0 Å². The van der Waals surface area contributed by atoms with E-state index in [-0.39, 0.29) is 5.97 Å². The molecule has 1 atom stereocenters. The summed E-state index contributed by atoms with van der Waals surface area (Å²) in [5, 5.41) is 1.16. The van der Waals surface area contributed by atoms with Gasteiger partial charge < -0.3 is 4.74 Å². The smallest absolute Gasteiger partial charge is 0.306 e. The van der Waals surface area contributed by atoms with Crippen molar-refractivity contribution in [1.29, 1.82) is 0 Å². The van der Waals surface area contributed by atoms with Gasteiger partial charge >= 0.3 is 5.97 Å². The largest absolute Gasteiger partial charge is 0.469 e. The summed E-state index contributed by atoms with van der Waals surface area (Å²) in [4.78, 5) is 11.1. The molecule has 1 aliphatic rings. The first-order chi connectivity index (χ1) is 7.11. The van der Waals surface area contributed by atoms with Crippen molar-refractivity contribution in [3.05, 3.63) is 0 Å². The Morgan fingerprint density at radius 3 is 2.53 bits per heavy atom. The minimum atomic E-state index is -0.0841. The van der Waals surface area contributed by atoms with Crippen molar-refractivity contribution in [2.45, 2.75) is 56.5 Å². The molecule has 2 nitrogen and oxygen atoms in total. The Kier molecular flexibility index (Phi) is 5.51. The van der Waals surface area contributed by atoms with Gasteiger partial charge in [-0.1, -0.05) is 13.8 Å². The van der Waals surface area contributed by atoms with Crippen LogP contribution in [-0.4, -0.2) is 23.6 Å². The van der Waals surface area contributed by atoms with E-state index in [0.29, 0.717) is 11.7 Å². The van der Waals surface area contributed by atoms with Crippen LogP contribution in [0.15, 0.2) is 0 Å². The number of carbonyl (C=O) groups excluding carboxylic acids is 1. The lowest BCUT2D eigenvalue weighted by molar-refractivity contribution is -0.140. The topological polar surface area (TPSA) is 26.3 Å². The van der Waals surface area contributed by atoms with Gasteiger partial charge in [0.1, 0.15) is 0 Å². The van der Waals surface area contributed by atoms with E-state index in [1.165, 1.54) is 32.8 Å². The highest BCUT2D eigenvalue weighted by Gasteiger charge is 2.21. The monoisotopic (exact) mass is 230 g/mol. The average Bonchev–Trinajstić information content (AvgIpc) is 2.21. The summed E-state index contributed by atoms with van der Waals surface area (Å²) in [7, 11) is 1.46. The molecule has 88 valence electrons. The zero-order valence-electron chi connectivity index (χ0n) is 9.99. The van der Waals surface area contributed by atoms with Gasteiger partial charge in [-0.3, -0.25) is 4.79 Å². The van der Waals surface area contributed by atoms with Crippen LogP contribution in [0.25, 0.3) is 0 Å². The first-order valence-corrected chi connectivity index (χ1v) is 6.78. The quantitative estimate of drug-likeness (QED) is 0.693. The first-order valence-electron chi connectivity index (χ1n) is 5.84. The zero-order chi connectivity index (χ0) is 11.3. The number of ether oxygens (including phenoxy) is 1. The van der Waals surface area contributed by atoms with Crippen molar-refractivity contribution in [2.24, 2.45) is 5.92 Å². The van der Waals surface area contributed by atoms with Crippen molar-refractivity contribution in [3.63, 3.8) is 0 Å². The van der Waals surface area contributed by atoms with Crippen molar-refractivity contribution in [2.75, 3.05) is 7.11 Å². The van der Waals surface area contributed by atoms with E-state index in [0.717, 1.165) is 11.2 Å². The molecule has 0 amide bonds. The summed E-state index contributed by atoms with van der Waals surface area (Å²) >= 11 is 1.97. The Morgan fingerprint density at radius 1 is 1.40 bits per heavy atom. The summed E-state index contributed by atoms with van der Waals surface area (Å²) < 4.78 is 4.67. The minimum Gasteiger partial charge on any atom is -0.469 e. The highest BCUT2D eigenvalue weighted by Crippen LogP contribution is 2.34. The van der Waals surface area contributed by atoms with Crippen LogP contribution >= 0.6 is 11.8 Å². The van der Waals surface area contributed by atoms with Gasteiger partial charge in [0.25, 0.3) is 0 Å². The fourth-order valence-electron chi connectivity index (χ4n) is 2.06. The molecule has 1 aliphatic carbocycles. The molecular weight excluding hydrogens is 208 g/mol. The Labute approximate surface area is 97.1 Å². The summed E-state index contributed by atoms with van der Waals surface area (Å²) in [5.74, 6) is 0.817. The third-order valence-electron chi connectivity index (χ3n) is 3.07. The van der Waals surface area contributed by atoms with Crippen LogP contribution in [0.4, 0.5) is 0 Å². The first kappa shape index (κ1) is 12.9. The molecule has 0 aromatic carbocycles. The number of hydrogen-bond donors (Lipinski definition) is 0. The molecule has 0 N–H and O–H groups in total. The predicted molar refractivity (Wildman–Crippen MR) is 65.1 cm³/mol. The molecular formula is C12H22O2S. The van der Waals surface area contributed by atoms with E-state index in [2.05, 4.69) is 18.6 Å². The predicted octanol–water partition coefficient (Wildman–Crippen LogP) is 3.25. The van der Waals surface area contributed by atoms with Gasteiger partial charge in [0.05, 0.1) is 13.5 Å². The number of carbonyl (C=O) groups is 1. The van der Waals surface area contributed by atoms with Gasteiger partial charge in [-0.15, -0.1) is 0 Å². The molecule has 0 bridgehead atoms. The molecule has 0 radical (unpaired) electrons. The standard InChI is InChI=1S/C12H22O2S/c1-9-4-6-11(7-5-9)15-10(2)8-12(13)14-3/h9-11H,4-8H2,1-3H3. The molecule has 0 saturated heterocycles. The van der Waals surface area contributed by atoms with E-state index in [1.807, 2.05) is 11.8 Å². The molecule has 1 unspecified atom stereocenters. The molecule has 3 heteroatoms. The molecule has 1 saturated carbocycles. The van der Waals surface area contributed by atoms with Crippen molar-refractivity contribution in [1.82, 2.24) is 0 Å². The molecule has 0 heterocycles. The Balaban J connectivity index is 2.20. The van der Waals surface area contributed by atoms with Gasteiger partial charge in [0, 0.05) is 10.5 Å². The lowest BCUT2D eigenvalue weighted by atomic mass is 9.91. The normalized spacial score (nSPS) is 28.5. The number of thioether (sulfide) groups is 1. The second-order valence-electron chi connectivity index (χ2n) is 4.61. The van der Waals surface area contributed by atoms with Crippen molar-refractivity contribution in [3.8, 4) is 0 Å². The molecule has 0 aromatic heterocycles. The van der Waals surface area contributed by atoms with Crippen molar-refractivity contribution >= 4 is 17.7 Å². The molecule has 0 aliphatic heterocycles. The SMILES string of the molecule is COC(=O)CC(C)SC1CCC(C)CC1. The maximum Gasteiger partial charge on any atom is 0.306 e. The van der Waals surface area contributed by atoms with E-state index in [4.69, 9.17) is 0 Å². The van der Waals surface area contributed by atoms with E-state index in [1.54, 1.807) is 0 Å². The second kappa shape index (κ2) is 6.41. The number of hydrogen-bond acceptors (Lipinski definition) is 3. The lowest BCUT2D eigenvalue weighted by Crippen LogP contribution is -2.18. The van der Waals surface area contributed by atoms with Crippen LogP contribution in [-0.2, 0) is 9.53 Å². The fraction of sp³-hybridized carbons (Fsp3) is 0.917. The van der Waals surface area contributed by atoms with Crippen molar-refractivity contribution < 1.29 is 9.53 Å². The Bertz CT molecular complexity index is 198. The summed E-state index contributed by atoms with van der Waals surface area (Å²) in [6.07, 6.45) is 5.88. The molecule has 0 spiro atoms. The minimum absolute atomic E-state index is 0.0841. The van der Waals surface area contributed by atoms with Crippen LogP contribution in [0.3, 0.4) is 0 Å². The highest BCUT2D eigenvalue weighted by molar-refractivity contribution is 8.00. The second-order valence-corrected chi connectivity index (χ2v) is 6.35. The third-order valence-corrected chi connectivity index (χ3v) is 4.56. The molecule has 15 heavy (non-hydrogen) atoms. The lowest BCUT2D eigenvalue weighted by Gasteiger charge is -2.27. The van der Waals surface area contributed by atoms with Gasteiger partial charge in [0.15, 0.2) is 0 Å². The maximum absolute atomic E-state index is 11.1. The number of methoxy groups -OCH3 is 1.